The van der Waals surface area contributed by atoms with Crippen molar-refractivity contribution in [2.45, 2.75) is 106 Å². The number of hydrogen-bond donors (Lipinski definition) is 1. The van der Waals surface area contributed by atoms with Crippen LogP contribution in [0.25, 0.3) is 0 Å². The van der Waals surface area contributed by atoms with Crippen molar-refractivity contribution in [3.8, 4) is 0 Å². The number of aliphatic hydroxyl groups excluding tert-OH is 1. The third-order valence-electron chi connectivity index (χ3n) is 16.4. The van der Waals surface area contributed by atoms with Gasteiger partial charge in [0.25, 0.3) is 0 Å². The number of esters is 10. The zero-order valence-electron chi connectivity index (χ0n) is 55.5. The lowest BCUT2D eigenvalue weighted by Crippen LogP contribution is -2.67. The Morgan fingerprint density at radius 3 is 0.808 bits per heavy atom. The number of carbonyl (C=O) groups is 10. The molecule has 3 aliphatic rings. The summed E-state index contributed by atoms with van der Waals surface area (Å²) in [6.45, 7) is -0.631. The first-order chi connectivity index (χ1) is 50.5. The SMILES string of the molecule is CC(=O)O[C@@H]1[C@@H](OC[C@H]2O[C@H](O)[C@@H](OC(=O)c3ccccc3)[C@@H](O[C@H]3O[C@H](COC(=O)c4ccccc4)[C@@H](OC(=O)c4ccccc4)[C@H](OC(=O)c4ccccc4)[C@@H]3OC(C)=O)[C@@H]2OC(=O)c2ccccc2)O[C@H](COC(=O)c2ccccc2)[C@@H](OC(=O)c2ccccc2)[C@@H]1OC(=O)c1ccccc1. The summed E-state index contributed by atoms with van der Waals surface area (Å²) in [5.41, 5.74) is -0.144. The highest BCUT2D eigenvalue weighted by Crippen LogP contribution is 2.38. The molecule has 3 aliphatic heterocycles. The first-order valence-corrected chi connectivity index (χ1v) is 32.7. The van der Waals surface area contributed by atoms with Gasteiger partial charge in [0.05, 0.1) is 51.1 Å². The average molecular weight is 1420 g/mol. The Morgan fingerprint density at radius 1 is 0.269 bits per heavy atom. The van der Waals surface area contributed by atoms with E-state index in [1.807, 2.05) is 0 Å². The molecule has 104 heavy (non-hydrogen) atoms. The molecular formula is C78H68O26. The maximum absolute atomic E-state index is 14.9. The molecule has 11 rings (SSSR count). The third kappa shape index (κ3) is 18.8. The van der Waals surface area contributed by atoms with Gasteiger partial charge in [-0.25, -0.2) is 38.4 Å². The van der Waals surface area contributed by atoms with Crippen LogP contribution < -0.4 is 0 Å². The summed E-state index contributed by atoms with van der Waals surface area (Å²) in [6, 6.07) is 60.3. The van der Waals surface area contributed by atoms with Crippen LogP contribution in [0.2, 0.25) is 0 Å². The Kier molecular flexibility index (Phi) is 24.9. The maximum Gasteiger partial charge on any atom is 0.338 e. The van der Waals surface area contributed by atoms with Crippen LogP contribution in [0.3, 0.4) is 0 Å². The van der Waals surface area contributed by atoms with E-state index in [4.69, 9.17) is 71.1 Å². The average Bonchev–Trinajstić information content (AvgIpc) is 0.759. The largest absolute Gasteiger partial charge is 0.459 e. The van der Waals surface area contributed by atoms with Gasteiger partial charge in [-0.3, -0.25) is 9.59 Å². The number of ether oxygens (including phenoxy) is 15. The lowest BCUT2D eigenvalue weighted by atomic mass is 9.95. The van der Waals surface area contributed by atoms with Crippen molar-refractivity contribution in [1.29, 1.82) is 0 Å². The molecule has 8 aromatic carbocycles. The number of rotatable bonds is 25. The Bertz CT molecular complexity index is 4230. The molecule has 1 N–H and O–H groups in total. The van der Waals surface area contributed by atoms with E-state index in [0.717, 1.165) is 13.8 Å². The Hall–Kier alpha value is -11.8. The fourth-order valence-electron chi connectivity index (χ4n) is 11.5. The highest BCUT2D eigenvalue weighted by molar-refractivity contribution is 5.93. The zero-order valence-corrected chi connectivity index (χ0v) is 55.5. The predicted molar refractivity (Wildman–Crippen MR) is 357 cm³/mol. The number of carbonyl (C=O) groups excluding carboxylic acids is 10. The van der Waals surface area contributed by atoms with E-state index in [1.165, 1.54) is 146 Å². The lowest BCUT2D eigenvalue weighted by molar-refractivity contribution is -0.359. The van der Waals surface area contributed by atoms with E-state index in [0.29, 0.717) is 0 Å². The van der Waals surface area contributed by atoms with Gasteiger partial charge in [-0.1, -0.05) is 146 Å². The third-order valence-corrected chi connectivity index (χ3v) is 16.4. The number of benzene rings is 8. The summed E-state index contributed by atoms with van der Waals surface area (Å²) in [5.74, 6) is -10.3. The van der Waals surface area contributed by atoms with Crippen molar-refractivity contribution in [1.82, 2.24) is 0 Å². The first kappa shape index (κ1) is 73.4. The molecule has 0 radical (unpaired) electrons. The van der Waals surface area contributed by atoms with Gasteiger partial charge in [-0.05, 0) is 97.1 Å². The first-order valence-electron chi connectivity index (χ1n) is 32.7. The monoisotopic (exact) mass is 1420 g/mol. The van der Waals surface area contributed by atoms with Gasteiger partial charge in [0.1, 0.15) is 37.6 Å². The van der Waals surface area contributed by atoms with Gasteiger partial charge < -0.3 is 76.2 Å². The van der Waals surface area contributed by atoms with E-state index >= 15 is 0 Å². The van der Waals surface area contributed by atoms with Crippen LogP contribution in [-0.2, 0) is 80.6 Å². The van der Waals surface area contributed by atoms with Crippen LogP contribution in [-0.4, -0.2) is 177 Å². The van der Waals surface area contributed by atoms with Gasteiger partial charge in [0.2, 0.25) is 0 Å². The van der Waals surface area contributed by atoms with Crippen LogP contribution in [0.5, 0.6) is 0 Å². The van der Waals surface area contributed by atoms with E-state index in [9.17, 15) is 53.1 Å². The van der Waals surface area contributed by atoms with Gasteiger partial charge in [-0.2, -0.15) is 0 Å². The minimum atomic E-state index is -2.37. The topological polar surface area (TPSA) is 329 Å². The van der Waals surface area contributed by atoms with E-state index in [1.54, 1.807) is 97.1 Å². The van der Waals surface area contributed by atoms with Crippen molar-refractivity contribution in [3.63, 3.8) is 0 Å². The van der Waals surface area contributed by atoms with Gasteiger partial charge in [0.15, 0.2) is 67.7 Å². The van der Waals surface area contributed by atoms with Crippen LogP contribution in [0.15, 0.2) is 243 Å². The maximum atomic E-state index is 14.9. The summed E-state index contributed by atoms with van der Waals surface area (Å²) < 4.78 is 93.7. The van der Waals surface area contributed by atoms with Crippen LogP contribution >= 0.6 is 0 Å². The zero-order chi connectivity index (χ0) is 73.1. The van der Waals surface area contributed by atoms with Crippen molar-refractivity contribution in [2.24, 2.45) is 0 Å². The highest BCUT2D eigenvalue weighted by atomic mass is 16.8. The molecule has 0 amide bonds. The summed E-state index contributed by atoms with van der Waals surface area (Å²) in [4.78, 5) is 142. The second kappa shape index (κ2) is 35.2. The van der Waals surface area contributed by atoms with Gasteiger partial charge in [0, 0.05) is 13.8 Å². The molecule has 15 atom stereocenters. The Morgan fingerprint density at radius 2 is 0.510 bits per heavy atom. The normalized spacial score (nSPS) is 24.1. The van der Waals surface area contributed by atoms with Crippen LogP contribution in [0.1, 0.15) is 96.7 Å². The summed E-state index contributed by atoms with van der Waals surface area (Å²) in [5, 5.41) is 12.6. The van der Waals surface area contributed by atoms with Crippen LogP contribution in [0, 0.1) is 0 Å². The molecule has 8 aromatic rings. The fourth-order valence-corrected chi connectivity index (χ4v) is 11.5. The van der Waals surface area contributed by atoms with E-state index in [-0.39, 0.29) is 44.5 Å². The molecule has 0 unspecified atom stereocenters. The summed E-state index contributed by atoms with van der Waals surface area (Å²) in [7, 11) is 0. The lowest BCUT2D eigenvalue weighted by Gasteiger charge is -2.48. The molecular weight excluding hydrogens is 1350 g/mol. The van der Waals surface area contributed by atoms with Crippen molar-refractivity contribution >= 4 is 59.7 Å². The number of aliphatic hydroxyl groups is 1. The minimum Gasteiger partial charge on any atom is -0.459 e. The molecule has 26 heteroatoms. The second-order valence-electron chi connectivity index (χ2n) is 23.6. The molecule has 3 heterocycles. The molecule has 0 aliphatic carbocycles. The van der Waals surface area contributed by atoms with Crippen molar-refractivity contribution in [2.75, 3.05) is 19.8 Å². The summed E-state index contributed by atoms with van der Waals surface area (Å²) >= 11 is 0. The Labute approximate surface area is 594 Å². The highest BCUT2D eigenvalue weighted by Gasteiger charge is 2.59. The molecule has 0 spiro atoms. The van der Waals surface area contributed by atoms with E-state index in [2.05, 4.69) is 0 Å². The second-order valence-corrected chi connectivity index (χ2v) is 23.6. The standard InChI is InChI=1S/C78H68O26/c1-46(79)93-66-63(101-73(86)53-37-21-8-22-38-53)60(99-71(84)51-33-17-6-18-34-51)57(43-90-68(81)48-27-11-3-12-28-48)96-77(66)92-45-56-59(98-70(83)50-31-15-5-16-32-50)62(65(76(89)95-56)103-75(88)55-41-25-10-26-42-55)104-78-67(94-47(2)80)64(102-74(87)54-39-23-9-24-40-54)61(100-72(85)52-35-19-7-20-36-52)58(97-78)44-91-69(82)49-29-13-4-14-30-49/h3-42,56-67,76-78,89H,43-45H2,1-2H3/t56-,57-,58-,59-,60-,61-,62+,63+,64+,65+,66+,67+,76+,77+,78-/m1/s1. The molecule has 3 saturated heterocycles. The molecule has 0 bridgehead atoms. The molecule has 0 saturated carbocycles. The molecule has 0 aromatic heterocycles. The van der Waals surface area contributed by atoms with Crippen molar-refractivity contribution < 1.29 is 124 Å². The molecule has 3 fully saturated rings. The number of hydrogen-bond acceptors (Lipinski definition) is 26. The molecule has 536 valence electrons. The van der Waals surface area contributed by atoms with Gasteiger partial charge >= 0.3 is 59.7 Å². The van der Waals surface area contributed by atoms with Gasteiger partial charge in [-0.15, -0.1) is 0 Å². The fraction of sp³-hybridized carbons (Fsp3) is 0.256. The smallest absolute Gasteiger partial charge is 0.338 e. The van der Waals surface area contributed by atoms with E-state index < -0.39 is 172 Å². The minimum absolute atomic E-state index is 0.00606. The Balaban J connectivity index is 1.02. The summed E-state index contributed by atoms with van der Waals surface area (Å²) in [6.07, 6.45) is -30.1. The van der Waals surface area contributed by atoms with Crippen molar-refractivity contribution in [3.05, 3.63) is 287 Å². The molecule has 26 nitrogen and oxygen atoms in total. The quantitative estimate of drug-likeness (QED) is 0.0414. The predicted octanol–water partition coefficient (Wildman–Crippen LogP) is 8.49. The van der Waals surface area contributed by atoms with Crippen LogP contribution in [0.4, 0.5) is 0 Å².